The van der Waals surface area contributed by atoms with Gasteiger partial charge in [-0.2, -0.15) is 0 Å². The number of carbonyl (C=O) groups is 1. The lowest BCUT2D eigenvalue weighted by Crippen LogP contribution is -2.49. The molecule has 154 valence electrons. The van der Waals surface area contributed by atoms with Crippen LogP contribution in [0.4, 0.5) is 5.82 Å². The number of ether oxygens (including phenoxy) is 1. The number of piperazine rings is 1. The molecule has 0 unspecified atom stereocenters. The molecule has 30 heavy (non-hydrogen) atoms. The van der Waals surface area contributed by atoms with E-state index in [4.69, 9.17) is 21.3 Å². The molecule has 0 radical (unpaired) electrons. The molecule has 3 aromatic rings. The smallest absolute Gasteiger partial charge is 0.226 e. The highest BCUT2D eigenvalue weighted by atomic mass is 35.5. The average Bonchev–Trinajstić information content (AvgIpc) is 2.80. The zero-order chi connectivity index (χ0) is 20.8. The maximum atomic E-state index is 12.5. The first-order chi connectivity index (χ1) is 14.7. The molecule has 2 aromatic carbocycles. The lowest BCUT2D eigenvalue weighted by atomic mass is 10.2. The van der Waals surface area contributed by atoms with Crippen LogP contribution in [0.15, 0.2) is 66.9 Å². The first-order valence-electron chi connectivity index (χ1n) is 9.98. The second kappa shape index (κ2) is 9.59. The second-order valence-corrected chi connectivity index (χ2v) is 7.46. The van der Waals surface area contributed by atoms with Crippen LogP contribution in [0, 0.1) is 0 Å². The summed E-state index contributed by atoms with van der Waals surface area (Å²) in [7, 11) is 0. The third kappa shape index (κ3) is 5.07. The van der Waals surface area contributed by atoms with E-state index in [1.165, 1.54) is 0 Å². The van der Waals surface area contributed by atoms with Crippen LogP contribution in [0.25, 0.3) is 11.4 Å². The van der Waals surface area contributed by atoms with E-state index in [9.17, 15) is 4.79 Å². The molecular weight excluding hydrogens is 400 g/mol. The first-order valence-corrected chi connectivity index (χ1v) is 10.4. The van der Waals surface area contributed by atoms with Crippen molar-refractivity contribution in [3.63, 3.8) is 0 Å². The van der Waals surface area contributed by atoms with Crippen LogP contribution in [-0.2, 0) is 4.79 Å². The molecule has 1 saturated heterocycles. The molecule has 1 aromatic heterocycles. The number of amides is 1. The van der Waals surface area contributed by atoms with E-state index in [1.807, 2.05) is 53.4 Å². The van der Waals surface area contributed by atoms with E-state index >= 15 is 0 Å². The van der Waals surface area contributed by atoms with Crippen LogP contribution in [0.3, 0.4) is 0 Å². The summed E-state index contributed by atoms with van der Waals surface area (Å²) in [4.78, 5) is 25.7. The Kier molecular flexibility index (Phi) is 6.44. The predicted molar refractivity (Wildman–Crippen MR) is 118 cm³/mol. The number of halogens is 1. The number of benzene rings is 2. The van der Waals surface area contributed by atoms with Crippen molar-refractivity contribution in [2.45, 2.75) is 6.42 Å². The fraction of sp³-hybridized carbons (Fsp3) is 0.261. The van der Waals surface area contributed by atoms with Crippen molar-refractivity contribution in [3.8, 4) is 17.1 Å². The maximum absolute atomic E-state index is 12.5. The van der Waals surface area contributed by atoms with Crippen LogP contribution >= 0.6 is 11.6 Å². The molecule has 1 aliphatic rings. The Morgan fingerprint density at radius 1 is 1.00 bits per heavy atom. The number of carbonyl (C=O) groups excluding carboxylic acids is 1. The van der Waals surface area contributed by atoms with Gasteiger partial charge in [-0.05, 0) is 24.3 Å². The summed E-state index contributed by atoms with van der Waals surface area (Å²) in [6.07, 6.45) is 2.13. The lowest BCUT2D eigenvalue weighted by Gasteiger charge is -2.35. The van der Waals surface area contributed by atoms with Crippen molar-refractivity contribution in [1.29, 1.82) is 0 Å². The molecule has 0 aliphatic carbocycles. The molecular formula is C23H23ClN4O2. The summed E-state index contributed by atoms with van der Waals surface area (Å²) in [6.45, 7) is 3.16. The molecule has 1 aliphatic heterocycles. The van der Waals surface area contributed by atoms with E-state index in [0.29, 0.717) is 42.7 Å². The molecule has 0 bridgehead atoms. The average molecular weight is 423 g/mol. The van der Waals surface area contributed by atoms with Gasteiger partial charge in [0.15, 0.2) is 5.82 Å². The summed E-state index contributed by atoms with van der Waals surface area (Å²) in [6, 6.07) is 19.1. The van der Waals surface area contributed by atoms with Crippen molar-refractivity contribution in [2.24, 2.45) is 0 Å². The first kappa shape index (κ1) is 20.2. The normalized spacial score (nSPS) is 13.9. The Hall–Kier alpha value is -3.12. The molecule has 2 heterocycles. The summed E-state index contributed by atoms with van der Waals surface area (Å²) >= 11 is 5.95. The van der Waals surface area contributed by atoms with Gasteiger partial charge in [-0.15, -0.1) is 0 Å². The number of hydrogen-bond donors (Lipinski definition) is 0. The molecule has 4 rings (SSSR count). The summed E-state index contributed by atoms with van der Waals surface area (Å²) in [5.41, 5.74) is 0.993. The van der Waals surface area contributed by atoms with E-state index in [2.05, 4.69) is 9.88 Å². The van der Waals surface area contributed by atoms with Crippen LogP contribution in [-0.4, -0.2) is 53.6 Å². The van der Waals surface area contributed by atoms with Crippen molar-refractivity contribution in [1.82, 2.24) is 14.9 Å². The third-order valence-corrected chi connectivity index (χ3v) is 5.25. The van der Waals surface area contributed by atoms with Crippen LogP contribution < -0.4 is 9.64 Å². The second-order valence-electron chi connectivity index (χ2n) is 7.03. The molecule has 0 N–H and O–H groups in total. The highest BCUT2D eigenvalue weighted by Crippen LogP contribution is 2.20. The number of aromatic nitrogens is 2. The third-order valence-electron chi connectivity index (χ3n) is 5.01. The molecule has 7 heteroatoms. The zero-order valence-corrected chi connectivity index (χ0v) is 17.3. The Balaban J connectivity index is 1.28. The van der Waals surface area contributed by atoms with Crippen molar-refractivity contribution < 1.29 is 9.53 Å². The van der Waals surface area contributed by atoms with Crippen LogP contribution in [0.1, 0.15) is 6.42 Å². The summed E-state index contributed by atoms with van der Waals surface area (Å²) in [5.74, 6) is 2.38. The van der Waals surface area contributed by atoms with E-state index < -0.39 is 0 Å². The number of anilines is 1. The van der Waals surface area contributed by atoms with E-state index in [1.54, 1.807) is 18.3 Å². The Bertz CT molecular complexity index is 991. The van der Waals surface area contributed by atoms with Gasteiger partial charge in [-0.3, -0.25) is 4.79 Å². The maximum Gasteiger partial charge on any atom is 0.226 e. The van der Waals surface area contributed by atoms with Crippen LogP contribution in [0.2, 0.25) is 5.02 Å². The van der Waals surface area contributed by atoms with Gasteiger partial charge in [0.05, 0.1) is 13.0 Å². The standard InChI is InChI=1S/C23H23ClN4O2/c24-19-7-4-8-20(17-19)30-16-10-22(29)28-14-12-27(13-15-28)21-9-11-25-23(26-21)18-5-2-1-3-6-18/h1-9,11,17H,10,12-16H2. The highest BCUT2D eigenvalue weighted by molar-refractivity contribution is 6.30. The minimum atomic E-state index is 0.101. The van der Waals surface area contributed by atoms with Gasteiger partial charge in [0.25, 0.3) is 0 Å². The SMILES string of the molecule is O=C(CCOc1cccc(Cl)c1)N1CCN(c2ccnc(-c3ccccc3)n2)CC1. The van der Waals surface area contributed by atoms with Gasteiger partial charge in [0, 0.05) is 43.0 Å². The fourth-order valence-electron chi connectivity index (χ4n) is 3.41. The molecule has 0 atom stereocenters. The zero-order valence-electron chi connectivity index (χ0n) is 16.6. The van der Waals surface area contributed by atoms with Gasteiger partial charge in [0.2, 0.25) is 5.91 Å². The van der Waals surface area contributed by atoms with Crippen LogP contribution in [0.5, 0.6) is 5.75 Å². The largest absolute Gasteiger partial charge is 0.493 e. The molecule has 1 fully saturated rings. The Labute approximate surface area is 181 Å². The van der Waals surface area contributed by atoms with Gasteiger partial charge >= 0.3 is 0 Å². The fourth-order valence-corrected chi connectivity index (χ4v) is 3.59. The minimum absolute atomic E-state index is 0.101. The Morgan fingerprint density at radius 2 is 1.80 bits per heavy atom. The highest BCUT2D eigenvalue weighted by Gasteiger charge is 2.22. The topological polar surface area (TPSA) is 58.6 Å². The molecule has 6 nitrogen and oxygen atoms in total. The van der Waals surface area contributed by atoms with Crippen molar-refractivity contribution >= 4 is 23.3 Å². The lowest BCUT2D eigenvalue weighted by molar-refractivity contribution is -0.132. The summed E-state index contributed by atoms with van der Waals surface area (Å²) in [5, 5.41) is 0.620. The number of hydrogen-bond acceptors (Lipinski definition) is 5. The molecule has 0 saturated carbocycles. The van der Waals surface area contributed by atoms with Crippen molar-refractivity contribution in [3.05, 3.63) is 71.9 Å². The van der Waals surface area contributed by atoms with Crippen molar-refractivity contribution in [2.75, 3.05) is 37.7 Å². The quantitative estimate of drug-likeness (QED) is 0.602. The Morgan fingerprint density at radius 3 is 2.57 bits per heavy atom. The molecule has 1 amide bonds. The summed E-state index contributed by atoms with van der Waals surface area (Å²) < 4.78 is 5.63. The van der Waals surface area contributed by atoms with Gasteiger partial charge in [-0.1, -0.05) is 48.0 Å². The van der Waals surface area contributed by atoms with Gasteiger partial charge in [-0.25, -0.2) is 9.97 Å². The van der Waals surface area contributed by atoms with Gasteiger partial charge in [0.1, 0.15) is 11.6 Å². The minimum Gasteiger partial charge on any atom is -0.493 e. The monoisotopic (exact) mass is 422 g/mol. The predicted octanol–water partition coefficient (Wildman–Crippen LogP) is 3.91. The number of nitrogens with zero attached hydrogens (tertiary/aromatic N) is 4. The van der Waals surface area contributed by atoms with E-state index in [-0.39, 0.29) is 5.91 Å². The van der Waals surface area contributed by atoms with E-state index in [0.717, 1.165) is 24.5 Å². The molecule has 0 spiro atoms. The number of rotatable bonds is 6. The van der Waals surface area contributed by atoms with Gasteiger partial charge < -0.3 is 14.5 Å².